The van der Waals surface area contributed by atoms with Gasteiger partial charge >= 0.3 is 0 Å². The van der Waals surface area contributed by atoms with Crippen LogP contribution in [0, 0.1) is 5.92 Å². The summed E-state index contributed by atoms with van der Waals surface area (Å²) in [6.07, 6.45) is 3.72. The molecular formula is C15H28O3Si. The normalized spacial score (nSPS) is 32.7. The number of hydrogen-bond acceptors (Lipinski definition) is 3. The molecule has 0 aromatic rings. The van der Waals surface area contributed by atoms with Gasteiger partial charge in [0.25, 0.3) is 0 Å². The number of aliphatic hydroxyl groups excluding tert-OH is 1. The van der Waals surface area contributed by atoms with Crippen molar-refractivity contribution in [1.29, 1.82) is 0 Å². The van der Waals surface area contributed by atoms with Crippen LogP contribution in [0.25, 0.3) is 0 Å². The molecule has 0 saturated heterocycles. The lowest BCUT2D eigenvalue weighted by Gasteiger charge is -2.43. The third-order valence-corrected chi connectivity index (χ3v) is 9.47. The van der Waals surface area contributed by atoms with Gasteiger partial charge in [-0.3, -0.25) is 0 Å². The van der Waals surface area contributed by atoms with Crippen LogP contribution in [0.1, 0.15) is 33.6 Å². The molecule has 2 aliphatic rings. The summed E-state index contributed by atoms with van der Waals surface area (Å²) < 4.78 is 11.9. The van der Waals surface area contributed by atoms with Crippen LogP contribution in [0.2, 0.25) is 18.1 Å². The molecule has 0 bridgehead atoms. The molecule has 0 aromatic heterocycles. The fourth-order valence-electron chi connectivity index (χ4n) is 2.68. The minimum Gasteiger partial charge on any atom is -0.414 e. The van der Waals surface area contributed by atoms with Gasteiger partial charge in [-0.15, -0.1) is 0 Å². The first-order valence-electron chi connectivity index (χ1n) is 7.33. The van der Waals surface area contributed by atoms with Gasteiger partial charge in [0.2, 0.25) is 0 Å². The van der Waals surface area contributed by atoms with Crippen molar-refractivity contribution in [3.8, 4) is 0 Å². The van der Waals surface area contributed by atoms with Gasteiger partial charge in [-0.2, -0.15) is 0 Å². The van der Waals surface area contributed by atoms with Crippen molar-refractivity contribution in [3.63, 3.8) is 0 Å². The van der Waals surface area contributed by atoms with E-state index in [4.69, 9.17) is 9.16 Å². The van der Waals surface area contributed by atoms with E-state index in [9.17, 15) is 5.11 Å². The molecule has 0 radical (unpaired) electrons. The van der Waals surface area contributed by atoms with Gasteiger partial charge in [0.15, 0.2) is 8.32 Å². The minimum atomic E-state index is -1.75. The number of aliphatic hydroxyl groups is 1. The van der Waals surface area contributed by atoms with Gasteiger partial charge in [0.05, 0.1) is 25.4 Å². The SMILES string of the molecule is CC(C)(C)[Si](C)(C)O[C@@H]1CC2=CCOC[C@H]2[C@@H](O)C1. The average Bonchev–Trinajstić information content (AvgIpc) is 2.27. The van der Waals surface area contributed by atoms with Crippen LogP contribution in [0.15, 0.2) is 11.6 Å². The largest absolute Gasteiger partial charge is 0.414 e. The molecule has 0 aromatic carbocycles. The van der Waals surface area contributed by atoms with E-state index >= 15 is 0 Å². The molecule has 1 heterocycles. The van der Waals surface area contributed by atoms with Crippen LogP contribution >= 0.6 is 0 Å². The lowest BCUT2D eigenvalue weighted by molar-refractivity contribution is -0.00881. The molecule has 4 heteroatoms. The molecule has 1 fully saturated rings. The highest BCUT2D eigenvalue weighted by molar-refractivity contribution is 6.74. The fourth-order valence-corrected chi connectivity index (χ4v) is 4.04. The smallest absolute Gasteiger partial charge is 0.192 e. The summed E-state index contributed by atoms with van der Waals surface area (Å²) in [6, 6.07) is 0. The van der Waals surface area contributed by atoms with E-state index in [1.54, 1.807) is 0 Å². The zero-order chi connectivity index (χ0) is 14.3. The Bertz CT molecular complexity index is 357. The van der Waals surface area contributed by atoms with Crippen LogP contribution in [0.4, 0.5) is 0 Å². The standard InChI is InChI=1S/C15H28O3Si/c1-15(2,3)19(4,5)18-12-8-11-6-7-17-10-13(11)14(16)9-12/h6,12-14,16H,7-10H2,1-5H3/t12-,13-,14+/m1/s1. The van der Waals surface area contributed by atoms with Crippen molar-refractivity contribution >= 4 is 8.32 Å². The average molecular weight is 284 g/mol. The first kappa shape index (κ1) is 15.2. The Morgan fingerprint density at radius 3 is 2.68 bits per heavy atom. The molecular weight excluding hydrogens is 256 g/mol. The Morgan fingerprint density at radius 2 is 2.05 bits per heavy atom. The number of hydrogen-bond donors (Lipinski definition) is 1. The zero-order valence-electron chi connectivity index (χ0n) is 12.9. The fraction of sp³-hybridized carbons (Fsp3) is 0.867. The Morgan fingerprint density at radius 1 is 1.37 bits per heavy atom. The van der Waals surface area contributed by atoms with E-state index in [2.05, 4.69) is 39.9 Å². The number of ether oxygens (including phenoxy) is 1. The summed E-state index contributed by atoms with van der Waals surface area (Å²) in [7, 11) is -1.75. The molecule has 0 amide bonds. The van der Waals surface area contributed by atoms with E-state index in [1.807, 2.05) is 0 Å². The summed E-state index contributed by atoms with van der Waals surface area (Å²) in [4.78, 5) is 0. The monoisotopic (exact) mass is 284 g/mol. The molecule has 1 aliphatic heterocycles. The summed E-state index contributed by atoms with van der Waals surface area (Å²) in [5.74, 6) is 0.202. The summed E-state index contributed by atoms with van der Waals surface area (Å²) in [6.45, 7) is 12.7. The molecule has 1 aliphatic carbocycles. The Hall–Kier alpha value is -0.163. The molecule has 2 rings (SSSR count). The maximum atomic E-state index is 10.3. The molecule has 3 nitrogen and oxygen atoms in total. The summed E-state index contributed by atoms with van der Waals surface area (Å²) in [5, 5.41) is 10.5. The topological polar surface area (TPSA) is 38.7 Å². The predicted molar refractivity (Wildman–Crippen MR) is 79.7 cm³/mol. The number of rotatable bonds is 2. The Balaban J connectivity index is 2.05. The minimum absolute atomic E-state index is 0.177. The lowest BCUT2D eigenvalue weighted by Crippen LogP contribution is -2.48. The van der Waals surface area contributed by atoms with Gasteiger partial charge in [-0.1, -0.05) is 32.4 Å². The molecule has 19 heavy (non-hydrogen) atoms. The van der Waals surface area contributed by atoms with Crippen LogP contribution in [-0.4, -0.2) is 38.8 Å². The molecule has 3 atom stereocenters. The van der Waals surface area contributed by atoms with Gasteiger partial charge in [-0.25, -0.2) is 0 Å². The van der Waals surface area contributed by atoms with Crippen molar-refractivity contribution < 1.29 is 14.3 Å². The molecule has 1 N–H and O–H groups in total. The summed E-state index contributed by atoms with van der Waals surface area (Å²) >= 11 is 0. The van der Waals surface area contributed by atoms with Crippen molar-refractivity contribution in [2.24, 2.45) is 5.92 Å². The first-order valence-corrected chi connectivity index (χ1v) is 10.2. The maximum absolute atomic E-state index is 10.3. The van der Waals surface area contributed by atoms with Crippen molar-refractivity contribution in [1.82, 2.24) is 0 Å². The van der Waals surface area contributed by atoms with E-state index in [0.717, 1.165) is 12.8 Å². The van der Waals surface area contributed by atoms with Crippen molar-refractivity contribution in [2.75, 3.05) is 13.2 Å². The third kappa shape index (κ3) is 3.30. The van der Waals surface area contributed by atoms with Gasteiger partial charge in [-0.05, 0) is 31.0 Å². The molecule has 1 saturated carbocycles. The summed E-state index contributed by atoms with van der Waals surface area (Å²) in [5.41, 5.74) is 1.34. The molecule has 0 spiro atoms. The maximum Gasteiger partial charge on any atom is 0.192 e. The lowest BCUT2D eigenvalue weighted by atomic mass is 9.80. The van der Waals surface area contributed by atoms with Crippen LogP contribution in [-0.2, 0) is 9.16 Å². The van der Waals surface area contributed by atoms with Crippen molar-refractivity contribution in [3.05, 3.63) is 11.6 Å². The van der Waals surface area contributed by atoms with Gasteiger partial charge in [0, 0.05) is 5.92 Å². The van der Waals surface area contributed by atoms with E-state index in [0.29, 0.717) is 13.2 Å². The molecule has 110 valence electrons. The van der Waals surface area contributed by atoms with E-state index in [-0.39, 0.29) is 23.2 Å². The second kappa shape index (κ2) is 5.32. The van der Waals surface area contributed by atoms with E-state index < -0.39 is 8.32 Å². The predicted octanol–water partition coefficient (Wildman–Crippen LogP) is 3.10. The quantitative estimate of drug-likeness (QED) is 0.625. The zero-order valence-corrected chi connectivity index (χ0v) is 13.9. The van der Waals surface area contributed by atoms with E-state index in [1.165, 1.54) is 5.57 Å². The second-order valence-corrected chi connectivity index (χ2v) is 12.2. The van der Waals surface area contributed by atoms with Crippen LogP contribution in [0.5, 0.6) is 0 Å². The van der Waals surface area contributed by atoms with Gasteiger partial charge in [0.1, 0.15) is 0 Å². The molecule has 0 unspecified atom stereocenters. The third-order valence-electron chi connectivity index (χ3n) is 4.94. The highest BCUT2D eigenvalue weighted by Gasteiger charge is 2.42. The van der Waals surface area contributed by atoms with Crippen molar-refractivity contribution in [2.45, 2.75) is 64.0 Å². The van der Waals surface area contributed by atoms with Gasteiger partial charge < -0.3 is 14.3 Å². The number of fused-ring (bicyclic) bond motifs is 1. The highest BCUT2D eigenvalue weighted by atomic mass is 28.4. The Kier molecular flexibility index (Phi) is 4.26. The second-order valence-electron chi connectivity index (χ2n) is 7.43. The first-order chi connectivity index (χ1) is 8.71. The highest BCUT2D eigenvalue weighted by Crippen LogP contribution is 2.41. The Labute approximate surface area is 118 Å². The van der Waals surface area contributed by atoms with Crippen LogP contribution < -0.4 is 0 Å². The van der Waals surface area contributed by atoms with Crippen LogP contribution in [0.3, 0.4) is 0 Å².